The molecule has 0 amide bonds. The van der Waals surface area contributed by atoms with E-state index in [1.54, 1.807) is 0 Å². The van der Waals surface area contributed by atoms with Crippen LogP contribution >= 0.6 is 31.1 Å². The van der Waals surface area contributed by atoms with Crippen LogP contribution in [-0.2, 0) is 70.7 Å². The monoisotopic (exact) mass is 1200 g/mol. The molecule has 79 heavy (non-hydrogen) atoms. The Hall–Kier alpha value is -5.37. The van der Waals surface area contributed by atoms with Gasteiger partial charge in [0.1, 0.15) is 54.1 Å². The van der Waals surface area contributed by atoms with Crippen LogP contribution in [0.5, 0.6) is 0 Å². The fourth-order valence-electron chi connectivity index (χ4n) is 9.37. The normalized spacial score (nSPS) is 29.5. The minimum atomic E-state index is -6.21. The lowest BCUT2D eigenvalue weighted by Gasteiger charge is -2.28. The zero-order valence-corrected chi connectivity index (χ0v) is 44.5. The lowest BCUT2D eigenvalue weighted by molar-refractivity contribution is -0.745. The molecule has 0 spiro atoms. The molecule has 0 aliphatic carbocycles. The van der Waals surface area contributed by atoms with Crippen LogP contribution < -0.4 is 32.9 Å². The molecule has 0 bridgehead atoms. The number of anilines is 3. The molecule has 6 aromatic heterocycles. The first-order valence-electron chi connectivity index (χ1n) is 23.0. The molecule has 42 heteroatoms. The number of methoxy groups -OCH3 is 2. The Morgan fingerprint density at radius 1 is 0.747 bits per heavy atom. The standard InChI is InChI=1S/C37H51N15O23P4/c1-4-6-49-14-52(30-21(49)32(57)48-37(40)46-30)33-22(53)15(5-7-66-2)16(71-33)8-69-77(60,61)74-79(64,65)75-78(62,63)70-10-18-26(25(67-3)35(73-18)50-12-43-19-27(38)41-11-42-28(19)50)76(58,59)68-9-17-23(54)24(55)34(72-17)51-13-44-20-29(51)45-36(39)47-31(20)56/h4,11-18,22-26,33-35,53-55H,1,5-10H2,2-3H3,(H11-,38,39,40,41,42,45,46,47,48,56,57,58,59,60,61,62,63,64,65)/p+1/t15-,16-,17-,18-,22-,23-,24-,25-,26-,33-,34-,35-/m1/s1. The molecule has 0 saturated carbocycles. The second-order valence-electron chi connectivity index (χ2n) is 17.8. The number of nitrogens with zero attached hydrogens (tertiary/aromatic N) is 10. The number of fused-ring (bicyclic) bond motifs is 3. The summed E-state index contributed by atoms with van der Waals surface area (Å²) in [7, 11) is -20.9. The van der Waals surface area contributed by atoms with Gasteiger partial charge in [-0.05, 0) is 6.42 Å². The predicted molar refractivity (Wildman–Crippen MR) is 261 cm³/mol. The van der Waals surface area contributed by atoms with Crippen molar-refractivity contribution in [2.24, 2.45) is 5.92 Å². The van der Waals surface area contributed by atoms with Crippen LogP contribution in [-0.4, -0.2) is 178 Å². The van der Waals surface area contributed by atoms with Crippen molar-refractivity contribution in [3.05, 3.63) is 58.7 Å². The van der Waals surface area contributed by atoms with Gasteiger partial charge >= 0.3 is 36.7 Å². The molecule has 9 rings (SSSR count). The molecule has 3 aliphatic heterocycles. The number of nitrogens with one attached hydrogen (secondary N) is 2. The van der Waals surface area contributed by atoms with E-state index in [-0.39, 0.29) is 70.8 Å². The molecule has 6 aromatic rings. The largest absolute Gasteiger partial charge is 0.490 e. The van der Waals surface area contributed by atoms with Gasteiger partial charge in [-0.2, -0.15) is 13.6 Å². The number of aromatic amines is 2. The topological polar surface area (TPSA) is 542 Å². The van der Waals surface area contributed by atoms with Crippen LogP contribution in [0.1, 0.15) is 25.1 Å². The zero-order chi connectivity index (χ0) is 57.1. The molecular formula is C37H52N15O23P4+. The first-order chi connectivity index (χ1) is 37.3. The van der Waals surface area contributed by atoms with Gasteiger partial charge in [-0.3, -0.25) is 46.9 Å². The molecule has 3 aliphatic rings. The summed E-state index contributed by atoms with van der Waals surface area (Å²) in [5.41, 5.74) is 13.8. The highest BCUT2D eigenvalue weighted by molar-refractivity contribution is 7.66. The number of nitrogens with two attached hydrogens (primary N) is 3. The summed E-state index contributed by atoms with van der Waals surface area (Å²) < 4.78 is 112. The maximum atomic E-state index is 14.5. The number of phosphoric acid groups is 3. The number of H-pyrrole nitrogens is 2. The van der Waals surface area contributed by atoms with Crippen molar-refractivity contribution in [1.29, 1.82) is 0 Å². The number of imidazole rings is 3. The van der Waals surface area contributed by atoms with Gasteiger partial charge in [-0.15, -0.1) is 0 Å². The summed E-state index contributed by atoms with van der Waals surface area (Å²) in [6.07, 6.45) is -9.66. The number of allylic oxidation sites excluding steroid dienone is 1. The minimum absolute atomic E-state index is 0.000305. The van der Waals surface area contributed by atoms with Crippen LogP contribution in [0.2, 0.25) is 0 Å². The highest BCUT2D eigenvalue weighted by Gasteiger charge is 2.58. The van der Waals surface area contributed by atoms with Gasteiger partial charge in [0, 0.05) is 26.7 Å². The van der Waals surface area contributed by atoms with Gasteiger partial charge in [-0.1, -0.05) is 17.6 Å². The third-order valence-electron chi connectivity index (χ3n) is 12.8. The predicted octanol–water partition coefficient (Wildman–Crippen LogP) is -2.70. The summed E-state index contributed by atoms with van der Waals surface area (Å²) in [6.45, 7) is 0.589. The Morgan fingerprint density at radius 3 is 2.04 bits per heavy atom. The van der Waals surface area contributed by atoms with Gasteiger partial charge in [0.15, 0.2) is 41.4 Å². The summed E-state index contributed by atoms with van der Waals surface area (Å²) in [5.74, 6) is -1.64. The van der Waals surface area contributed by atoms with E-state index in [1.807, 2.05) is 0 Å². The first kappa shape index (κ1) is 58.3. The van der Waals surface area contributed by atoms with Crippen LogP contribution in [0.3, 0.4) is 0 Å². The van der Waals surface area contributed by atoms with E-state index in [1.165, 1.54) is 33.2 Å². The molecule has 0 radical (unpaired) electrons. The maximum absolute atomic E-state index is 14.5. The van der Waals surface area contributed by atoms with Crippen LogP contribution in [0.4, 0.5) is 17.7 Å². The fourth-order valence-corrected chi connectivity index (χ4v) is 14.6. The third kappa shape index (κ3) is 11.7. The molecule has 3 fully saturated rings. The van der Waals surface area contributed by atoms with E-state index < -0.39 is 135 Å². The van der Waals surface area contributed by atoms with Gasteiger partial charge in [0.2, 0.25) is 17.7 Å². The molecule has 38 nitrogen and oxygen atoms in total. The molecule has 0 aromatic carbocycles. The van der Waals surface area contributed by atoms with Crippen LogP contribution in [0.25, 0.3) is 33.5 Å². The molecule has 15 N–H and O–H groups in total. The second-order valence-corrected chi connectivity index (χ2v) is 24.4. The lowest BCUT2D eigenvalue weighted by Crippen LogP contribution is -2.45. The highest BCUT2D eigenvalue weighted by atomic mass is 31.3. The highest BCUT2D eigenvalue weighted by Crippen LogP contribution is 2.68. The Bertz CT molecular complexity index is 3580. The van der Waals surface area contributed by atoms with Crippen molar-refractivity contribution in [2.75, 3.05) is 57.8 Å². The SMILES string of the molecule is C=CCn1c[n+]([C@@H]2O[C@H](COP(=O)(O)OP(=O)(O)OP(=O)(O)OC[C@H]3O[C@@H](n4cnc5c(N)ncnc54)[C@H](OC)[C@@H]3P(=O)(O)OC[C@H]3O[C@@H](n4cnc5c(=O)[nH]c(N)nc54)[C@H](O)[C@@H]3O)[C@@H](CCOC)[C@H]2O)c2nc(N)[nH]c(=O)c21. The van der Waals surface area contributed by atoms with Crippen LogP contribution in [0.15, 0.2) is 47.6 Å². The first-order valence-corrected chi connectivity index (χ1v) is 29.2. The van der Waals surface area contributed by atoms with Crippen LogP contribution in [0, 0.1) is 5.92 Å². The minimum Gasteiger partial charge on any atom is -0.387 e. The average Bonchev–Trinajstić information content (AvgIpc) is 4.45. The maximum Gasteiger partial charge on any atom is 0.490 e. The van der Waals surface area contributed by atoms with E-state index >= 15 is 0 Å². The van der Waals surface area contributed by atoms with E-state index in [0.717, 1.165) is 30.7 Å². The lowest BCUT2D eigenvalue weighted by atomic mass is 9.95. The summed E-state index contributed by atoms with van der Waals surface area (Å²) >= 11 is 0. The van der Waals surface area contributed by atoms with Crippen molar-refractivity contribution in [3.63, 3.8) is 0 Å². The molecule has 3 saturated heterocycles. The van der Waals surface area contributed by atoms with Crippen molar-refractivity contribution < 1.29 is 104 Å². The third-order valence-corrected chi connectivity index (χ3v) is 18.9. The van der Waals surface area contributed by atoms with Gasteiger partial charge in [-0.25, -0.2) is 38.2 Å². The molecule has 16 atom stereocenters. The summed E-state index contributed by atoms with van der Waals surface area (Å²) in [6, 6.07) is 0. The molecule has 9 heterocycles. The van der Waals surface area contributed by atoms with Gasteiger partial charge in [0.05, 0.1) is 45.1 Å². The van der Waals surface area contributed by atoms with Crippen molar-refractivity contribution in [3.8, 4) is 0 Å². The number of ether oxygens (including phenoxy) is 5. The Labute approximate surface area is 441 Å². The Kier molecular flexibility index (Phi) is 16.6. The van der Waals surface area contributed by atoms with E-state index in [2.05, 4.69) is 55.1 Å². The number of phosphoric ester groups is 2. The number of aromatic nitrogens is 12. The molecule has 4 unspecified atom stereocenters. The second kappa shape index (κ2) is 22.5. The number of hydrogen-bond acceptors (Lipinski definition) is 28. The Morgan fingerprint density at radius 2 is 1.37 bits per heavy atom. The van der Waals surface area contributed by atoms with Crippen molar-refractivity contribution in [1.82, 2.24) is 53.6 Å². The zero-order valence-electron chi connectivity index (χ0n) is 40.9. The molecular weight excluding hydrogens is 1150 g/mol. The summed E-state index contributed by atoms with van der Waals surface area (Å²) in [4.78, 5) is 97.8. The smallest absolute Gasteiger partial charge is 0.387 e. The van der Waals surface area contributed by atoms with E-state index in [9.17, 15) is 62.7 Å². The number of nitrogen functional groups attached to an aromatic ring is 3. The Balaban J connectivity index is 0.892. The molecule has 432 valence electrons. The van der Waals surface area contributed by atoms with E-state index in [0.29, 0.717) is 0 Å². The van der Waals surface area contributed by atoms with Crippen molar-refractivity contribution in [2.45, 2.75) is 80.0 Å². The average molecular weight is 1200 g/mol. The number of rotatable bonds is 23. The van der Waals surface area contributed by atoms with Gasteiger partial charge < -0.3 is 80.3 Å². The number of aliphatic hydroxyl groups excluding tert-OH is 3. The quantitative estimate of drug-likeness (QED) is 0.0176. The van der Waals surface area contributed by atoms with Gasteiger partial charge in [0.25, 0.3) is 17.1 Å². The number of hydrogen-bond donors (Lipinski definition) is 12. The van der Waals surface area contributed by atoms with Crippen molar-refractivity contribution >= 4 is 82.3 Å². The fraction of sp³-hybridized carbons (Fsp3) is 0.541. The van der Waals surface area contributed by atoms with E-state index in [4.69, 9.17) is 54.5 Å². The number of aliphatic hydroxyl groups is 3. The summed E-state index contributed by atoms with van der Waals surface area (Å²) in [5, 5.41) is 33.5.